The third kappa shape index (κ3) is 5.60. The number of aromatic nitrogens is 2. The number of hydrogen-bond donors (Lipinski definition) is 1. The molecule has 7 heteroatoms. The van der Waals surface area contributed by atoms with Crippen molar-refractivity contribution < 1.29 is 4.39 Å². The van der Waals surface area contributed by atoms with Crippen molar-refractivity contribution >= 4 is 27.4 Å². The van der Waals surface area contributed by atoms with Crippen LogP contribution in [0.1, 0.15) is 51.8 Å². The van der Waals surface area contributed by atoms with Crippen LogP contribution < -0.4 is 10.2 Å². The molecule has 5 rings (SSSR count). The number of thiophene rings is 1. The van der Waals surface area contributed by atoms with Crippen LogP contribution in [0, 0.1) is 17.8 Å². The number of hydrogen-bond acceptors (Lipinski definition) is 6. The van der Waals surface area contributed by atoms with E-state index in [1.165, 1.54) is 52.0 Å². The summed E-state index contributed by atoms with van der Waals surface area (Å²) < 4.78 is 14.2. The fourth-order valence-electron chi connectivity index (χ4n) is 5.66. The van der Waals surface area contributed by atoms with E-state index in [2.05, 4.69) is 31.2 Å². The molecule has 3 aliphatic heterocycles. The van der Waals surface area contributed by atoms with E-state index < -0.39 is 5.67 Å². The van der Waals surface area contributed by atoms with Gasteiger partial charge < -0.3 is 15.1 Å². The number of rotatable bonds is 5. The third-order valence-corrected chi connectivity index (χ3v) is 8.16. The number of halogens is 1. The number of alkyl halides is 1. The molecule has 2 aromatic heterocycles. The highest BCUT2D eigenvalue weighted by Crippen LogP contribution is 2.38. The number of nitrogens with zero attached hydrogens (tertiary/aromatic N) is 4. The molecule has 2 aromatic rings. The Bertz CT molecular complexity index is 873. The monoisotopic (exact) mass is 461 g/mol. The average molecular weight is 462 g/mol. The first-order valence-electron chi connectivity index (χ1n) is 12.5. The van der Waals surface area contributed by atoms with Crippen molar-refractivity contribution in [2.45, 2.75) is 59.0 Å². The van der Waals surface area contributed by atoms with Crippen molar-refractivity contribution in [3.63, 3.8) is 0 Å². The Morgan fingerprint density at radius 2 is 1.84 bits per heavy atom. The van der Waals surface area contributed by atoms with Crippen molar-refractivity contribution in [2.75, 3.05) is 50.7 Å². The second kappa shape index (κ2) is 10.3. The molecule has 0 saturated carbocycles. The Labute approximate surface area is 196 Å². The van der Waals surface area contributed by atoms with Crippen molar-refractivity contribution in [3.8, 4) is 0 Å². The number of piperidine rings is 2. The first-order valence-corrected chi connectivity index (χ1v) is 13.4. The van der Waals surface area contributed by atoms with Gasteiger partial charge in [0, 0.05) is 37.5 Å². The highest BCUT2D eigenvalue weighted by Gasteiger charge is 2.38. The molecule has 1 N–H and O–H groups in total. The minimum Gasteiger partial charge on any atom is -0.355 e. The molecule has 0 aromatic carbocycles. The van der Waals surface area contributed by atoms with E-state index in [0.717, 1.165) is 51.8 Å². The predicted octanol–water partition coefficient (Wildman–Crippen LogP) is 4.77. The predicted molar refractivity (Wildman–Crippen MR) is 133 cm³/mol. The van der Waals surface area contributed by atoms with Crippen LogP contribution in [-0.4, -0.2) is 66.3 Å². The van der Waals surface area contributed by atoms with Crippen LogP contribution in [-0.2, 0) is 6.42 Å². The molecule has 0 aliphatic carbocycles. The van der Waals surface area contributed by atoms with Crippen LogP contribution in [0.4, 0.5) is 10.2 Å². The Kier molecular flexibility index (Phi) is 7.68. The molecule has 178 valence electrons. The maximum absolute atomic E-state index is 14.2. The minimum absolute atomic E-state index is 0.435. The SMILES string of the molecule is CC.CC(C)(F)Cc1cc2c(N3C[C@H]4CCN(CC5CCNCC5)C[C@H]4C3)ncnc2s1. The minimum atomic E-state index is -1.20. The maximum Gasteiger partial charge on any atom is 0.140 e. The fourth-order valence-corrected chi connectivity index (χ4v) is 6.86. The summed E-state index contributed by atoms with van der Waals surface area (Å²) in [5, 5.41) is 4.59. The molecule has 0 spiro atoms. The van der Waals surface area contributed by atoms with Gasteiger partial charge >= 0.3 is 0 Å². The second-order valence-corrected chi connectivity index (χ2v) is 11.3. The number of anilines is 1. The van der Waals surface area contributed by atoms with Crippen molar-refractivity contribution in [3.05, 3.63) is 17.3 Å². The van der Waals surface area contributed by atoms with Crippen molar-refractivity contribution in [2.24, 2.45) is 17.8 Å². The summed E-state index contributed by atoms with van der Waals surface area (Å²) in [6.45, 7) is 15.6. The molecule has 0 bridgehead atoms. The van der Waals surface area contributed by atoms with Gasteiger partial charge in [-0.1, -0.05) is 13.8 Å². The molecule has 3 aliphatic rings. The van der Waals surface area contributed by atoms with Gasteiger partial charge in [-0.25, -0.2) is 14.4 Å². The number of likely N-dealkylation sites (tertiary alicyclic amines) is 1. The molecule has 3 saturated heterocycles. The second-order valence-electron chi connectivity index (χ2n) is 10.2. The molecule has 32 heavy (non-hydrogen) atoms. The van der Waals surface area contributed by atoms with E-state index in [9.17, 15) is 4.39 Å². The lowest BCUT2D eigenvalue weighted by molar-refractivity contribution is 0.121. The zero-order chi connectivity index (χ0) is 22.7. The average Bonchev–Trinajstić information content (AvgIpc) is 3.37. The largest absolute Gasteiger partial charge is 0.355 e. The lowest BCUT2D eigenvalue weighted by Crippen LogP contribution is -2.43. The molecule has 0 unspecified atom stereocenters. The normalized spacial score (nSPS) is 25.0. The summed E-state index contributed by atoms with van der Waals surface area (Å²) in [4.78, 5) is 16.4. The van der Waals surface area contributed by atoms with Gasteiger partial charge in [-0.15, -0.1) is 11.3 Å². The van der Waals surface area contributed by atoms with Gasteiger partial charge in [0.25, 0.3) is 0 Å². The molecule has 5 heterocycles. The smallest absolute Gasteiger partial charge is 0.140 e. The Morgan fingerprint density at radius 1 is 1.09 bits per heavy atom. The topological polar surface area (TPSA) is 44.3 Å². The first kappa shape index (κ1) is 23.8. The molecule has 3 fully saturated rings. The van der Waals surface area contributed by atoms with Gasteiger partial charge in [0.05, 0.1) is 5.39 Å². The number of fused-ring (bicyclic) bond motifs is 2. The summed E-state index contributed by atoms with van der Waals surface area (Å²) in [6, 6.07) is 2.13. The summed E-state index contributed by atoms with van der Waals surface area (Å²) in [5.41, 5.74) is -1.20. The van der Waals surface area contributed by atoms with E-state index in [1.807, 2.05) is 13.8 Å². The molecule has 2 atom stereocenters. The Balaban J connectivity index is 0.00000119. The van der Waals surface area contributed by atoms with Gasteiger partial charge in [0.15, 0.2) is 0 Å². The lowest BCUT2D eigenvalue weighted by Gasteiger charge is -2.37. The first-order chi connectivity index (χ1) is 15.4. The Morgan fingerprint density at radius 3 is 2.59 bits per heavy atom. The highest BCUT2D eigenvalue weighted by molar-refractivity contribution is 7.18. The Hall–Kier alpha value is -1.31. The van der Waals surface area contributed by atoms with Crippen LogP contribution in [0.2, 0.25) is 0 Å². The number of nitrogens with one attached hydrogen (secondary N) is 1. The van der Waals surface area contributed by atoms with Crippen LogP contribution in [0.5, 0.6) is 0 Å². The van der Waals surface area contributed by atoms with E-state index in [-0.39, 0.29) is 0 Å². The van der Waals surface area contributed by atoms with Crippen molar-refractivity contribution in [1.29, 1.82) is 0 Å². The third-order valence-electron chi connectivity index (χ3n) is 7.11. The van der Waals surface area contributed by atoms with Gasteiger partial charge in [-0.05, 0) is 76.6 Å². The quantitative estimate of drug-likeness (QED) is 0.695. The maximum atomic E-state index is 14.2. The van der Waals surface area contributed by atoms with Crippen LogP contribution in [0.15, 0.2) is 12.4 Å². The van der Waals surface area contributed by atoms with E-state index in [0.29, 0.717) is 6.42 Å². The van der Waals surface area contributed by atoms with Gasteiger partial charge in [-0.3, -0.25) is 0 Å². The molecule has 0 radical (unpaired) electrons. The summed E-state index contributed by atoms with van der Waals surface area (Å²) >= 11 is 1.61. The van der Waals surface area contributed by atoms with Gasteiger partial charge in [-0.2, -0.15) is 0 Å². The van der Waals surface area contributed by atoms with Crippen LogP contribution in [0.25, 0.3) is 10.2 Å². The molecule has 5 nitrogen and oxygen atoms in total. The molecular formula is C25H40FN5S. The zero-order valence-corrected chi connectivity index (χ0v) is 21.1. The van der Waals surface area contributed by atoms with E-state index in [1.54, 1.807) is 31.5 Å². The highest BCUT2D eigenvalue weighted by atomic mass is 32.1. The van der Waals surface area contributed by atoms with Crippen LogP contribution in [0.3, 0.4) is 0 Å². The zero-order valence-electron chi connectivity index (χ0n) is 20.2. The van der Waals surface area contributed by atoms with Gasteiger partial charge in [0.1, 0.15) is 22.6 Å². The van der Waals surface area contributed by atoms with E-state index in [4.69, 9.17) is 0 Å². The van der Waals surface area contributed by atoms with Crippen LogP contribution >= 0.6 is 11.3 Å². The van der Waals surface area contributed by atoms with Crippen molar-refractivity contribution in [1.82, 2.24) is 20.2 Å². The lowest BCUT2D eigenvalue weighted by atomic mass is 9.87. The van der Waals surface area contributed by atoms with Gasteiger partial charge in [0.2, 0.25) is 0 Å². The van der Waals surface area contributed by atoms with E-state index >= 15 is 0 Å². The standard InChI is InChI=1S/C23H34FN5S.C2H6/c1-23(2,24)10-19-9-20-21(26-15-27-22(20)30-19)29-13-17-5-8-28(12-18(17)14-29)11-16-3-6-25-7-4-16;1-2/h9,15-18,25H,3-8,10-14H2,1-2H3;1-2H3/t17-,18+;/m1./s1. The summed E-state index contributed by atoms with van der Waals surface area (Å²) in [6.07, 6.45) is 6.07. The molecular weight excluding hydrogens is 421 g/mol. The fraction of sp³-hybridized carbons (Fsp3) is 0.760. The summed E-state index contributed by atoms with van der Waals surface area (Å²) in [7, 11) is 0. The summed E-state index contributed by atoms with van der Waals surface area (Å²) in [5.74, 6) is 3.42. The molecule has 0 amide bonds.